The van der Waals surface area contributed by atoms with Gasteiger partial charge in [-0.05, 0) is 103 Å². The van der Waals surface area contributed by atoms with Gasteiger partial charge in [0.2, 0.25) is 16.3 Å². The maximum atomic E-state index is 14.4. The highest BCUT2D eigenvalue weighted by atomic mass is 35.5. The fourth-order valence-corrected chi connectivity index (χ4v) is 7.91. The number of alkyl halides is 1. The molecule has 2 N–H and O–H groups in total. The fraction of sp³-hybridized carbons (Fsp3) is 0.172. The molecule has 0 radical (unpaired) electrons. The summed E-state index contributed by atoms with van der Waals surface area (Å²) >= 11 is 5.58. The molecular weight excluding hydrogens is 1020 g/mol. The Morgan fingerprint density at radius 1 is 0.519 bits per heavy atom. The number of pyridine rings is 3. The summed E-state index contributed by atoms with van der Waals surface area (Å²) in [5.41, 5.74) is 0.750. The number of carboxylic acid groups (broad SMARTS) is 1. The minimum atomic E-state index is -1.34. The molecule has 9 rings (SSSR count). The summed E-state index contributed by atoms with van der Waals surface area (Å²) < 4.78 is 69.9. The fourth-order valence-electron chi connectivity index (χ4n) is 7.73. The van der Waals surface area contributed by atoms with Crippen LogP contribution in [0.3, 0.4) is 0 Å². The zero-order valence-electron chi connectivity index (χ0n) is 42.2. The molecule has 0 saturated carbocycles. The molecule has 6 aromatic carbocycles. The van der Waals surface area contributed by atoms with Crippen molar-refractivity contribution in [2.45, 2.75) is 32.8 Å². The molecule has 15 nitrogen and oxygen atoms in total. The molecule has 3 aromatic heterocycles. The van der Waals surface area contributed by atoms with Crippen molar-refractivity contribution in [3.63, 3.8) is 0 Å². The van der Waals surface area contributed by atoms with E-state index < -0.39 is 51.6 Å². The van der Waals surface area contributed by atoms with Gasteiger partial charge in [-0.3, -0.25) is 14.4 Å². The van der Waals surface area contributed by atoms with Gasteiger partial charge in [0.15, 0.2) is 0 Å². The van der Waals surface area contributed by atoms with E-state index in [1.165, 1.54) is 77.8 Å². The van der Waals surface area contributed by atoms with E-state index in [0.717, 1.165) is 22.4 Å². The van der Waals surface area contributed by atoms with Gasteiger partial charge >= 0.3 is 17.9 Å². The molecule has 0 bridgehead atoms. The lowest BCUT2D eigenvalue weighted by Gasteiger charge is -2.14. The molecule has 77 heavy (non-hydrogen) atoms. The summed E-state index contributed by atoms with van der Waals surface area (Å²) in [6.45, 7) is 4.15. The summed E-state index contributed by atoms with van der Waals surface area (Å²) in [6.07, 6.45) is 3.71. The minimum Gasteiger partial charge on any atom is -0.497 e. The Balaban J connectivity index is 0.000000174. The Hall–Kier alpha value is -9.16. The first-order valence-electron chi connectivity index (χ1n) is 23.5. The van der Waals surface area contributed by atoms with E-state index in [-0.39, 0.29) is 75.7 Å². The minimum absolute atomic E-state index is 0.0448. The van der Waals surface area contributed by atoms with Crippen LogP contribution in [0.15, 0.2) is 160 Å². The summed E-state index contributed by atoms with van der Waals surface area (Å²) in [7, 11) is 4.78. The van der Waals surface area contributed by atoms with Crippen molar-refractivity contribution in [2.24, 2.45) is 0 Å². The molecule has 0 amide bonds. The number of aromatic amines is 1. The first-order chi connectivity index (χ1) is 37.1. The van der Waals surface area contributed by atoms with Gasteiger partial charge in [-0.15, -0.1) is 11.6 Å². The highest BCUT2D eigenvalue weighted by Gasteiger charge is 2.20. The number of para-hydroxylation sites is 3. The number of methoxy groups -OCH3 is 3. The highest BCUT2D eigenvalue weighted by molar-refractivity contribution is 6.17. The lowest BCUT2D eigenvalue weighted by molar-refractivity contribution is 0.0514. The van der Waals surface area contributed by atoms with Gasteiger partial charge < -0.3 is 42.9 Å². The number of hydrogen-bond acceptors (Lipinski definition) is 11. The number of halogens is 4. The van der Waals surface area contributed by atoms with Crippen LogP contribution >= 0.6 is 11.6 Å². The number of esters is 2. The molecule has 0 spiro atoms. The van der Waals surface area contributed by atoms with Crippen molar-refractivity contribution in [2.75, 3.05) is 34.5 Å². The van der Waals surface area contributed by atoms with E-state index in [9.17, 15) is 47.0 Å². The van der Waals surface area contributed by atoms with Crippen LogP contribution in [0.1, 0.15) is 61.6 Å². The summed E-state index contributed by atoms with van der Waals surface area (Å²) in [6, 6.07) is 34.5. The number of fused-ring (bicyclic) bond motifs is 3. The van der Waals surface area contributed by atoms with Gasteiger partial charge in [0.1, 0.15) is 51.4 Å². The Bertz CT molecular complexity index is 3710. The number of ether oxygens (including phenoxy) is 5. The molecule has 0 atom stereocenters. The van der Waals surface area contributed by atoms with Crippen molar-refractivity contribution < 1.29 is 56.3 Å². The van der Waals surface area contributed by atoms with E-state index >= 15 is 0 Å². The molecule has 0 aliphatic carbocycles. The van der Waals surface area contributed by atoms with E-state index in [1.807, 2.05) is 36.4 Å². The number of carbonyl (C=O) groups is 3. The Morgan fingerprint density at radius 2 is 0.896 bits per heavy atom. The first kappa shape index (κ1) is 57.1. The Kier molecular flexibility index (Phi) is 19.9. The molecule has 0 saturated heterocycles. The van der Waals surface area contributed by atoms with E-state index in [2.05, 4.69) is 4.98 Å². The van der Waals surface area contributed by atoms with Gasteiger partial charge in [-0.1, -0.05) is 54.6 Å². The lowest BCUT2D eigenvalue weighted by Crippen LogP contribution is -2.21. The van der Waals surface area contributed by atoms with E-state index in [1.54, 1.807) is 76.1 Å². The summed E-state index contributed by atoms with van der Waals surface area (Å²) in [5.74, 6) is -1.58. The molecular formula is C58H51ClF3N3O12. The van der Waals surface area contributed by atoms with Crippen LogP contribution in [-0.4, -0.2) is 71.7 Å². The smallest absolute Gasteiger partial charge is 0.343 e. The molecule has 0 unspecified atom stereocenters. The molecule has 3 heterocycles. The van der Waals surface area contributed by atoms with Crippen molar-refractivity contribution in [1.29, 1.82) is 0 Å². The molecule has 0 fully saturated rings. The lowest BCUT2D eigenvalue weighted by atomic mass is 10.1. The number of nitrogens with zero attached hydrogens (tertiary/aromatic N) is 2. The second-order valence-electron chi connectivity index (χ2n) is 16.4. The normalized spacial score (nSPS) is 10.5. The molecule has 19 heteroatoms. The monoisotopic (exact) mass is 1070 g/mol. The van der Waals surface area contributed by atoms with Gasteiger partial charge in [-0.2, -0.15) is 0 Å². The standard InChI is InChI=1S/C20H18FNO4.C18H14FNO4.C12H10FNO3.C8H9ClO/c1-3-26-20(24)16-12-22(11-13-7-9-14(25-2)10-8-13)18-15(19(16)23)5-4-6-17(18)21;1-24-12-7-5-11(6-8-12)9-20-10-14(18(22)23)17(21)13-3-2-4-15(19)16(13)20;1-2-17-12(16)8-6-14-10-7(11(8)15)4-3-5-9(10)13;1-10-8-4-2-7(6-9)3-5-8/h4-10,12H,3,11H2,1-2H3;2-8,10H,9H2,1H3,(H,22,23);3-6H,2H2,1H3,(H,14,15);2-5H,6H2,1H3. The van der Waals surface area contributed by atoms with Crippen molar-refractivity contribution >= 4 is 62.2 Å². The largest absolute Gasteiger partial charge is 0.497 e. The second-order valence-corrected chi connectivity index (χ2v) is 16.7. The van der Waals surface area contributed by atoms with Crippen LogP contribution < -0.4 is 30.5 Å². The molecule has 0 aliphatic heterocycles. The van der Waals surface area contributed by atoms with Crippen LogP contribution in [0.2, 0.25) is 0 Å². The quantitative estimate of drug-likeness (QED) is 0.0821. The summed E-state index contributed by atoms with van der Waals surface area (Å²) in [5, 5.41) is 9.55. The number of carbonyl (C=O) groups excluding carboxylic acids is 2. The van der Waals surface area contributed by atoms with Crippen LogP contribution in [0, 0.1) is 17.5 Å². The van der Waals surface area contributed by atoms with Gasteiger partial charge in [-0.25, -0.2) is 27.6 Å². The number of carboxylic acids is 1. The summed E-state index contributed by atoms with van der Waals surface area (Å²) in [4.78, 5) is 74.2. The number of hydrogen-bond donors (Lipinski definition) is 2. The topological polar surface area (TPSA) is 194 Å². The average molecular weight is 1070 g/mol. The Labute approximate surface area is 443 Å². The number of benzene rings is 6. The van der Waals surface area contributed by atoms with Crippen molar-refractivity contribution in [3.05, 3.63) is 227 Å². The van der Waals surface area contributed by atoms with Crippen LogP contribution in [0.5, 0.6) is 17.2 Å². The van der Waals surface area contributed by atoms with E-state index in [0.29, 0.717) is 17.4 Å². The Morgan fingerprint density at radius 3 is 1.31 bits per heavy atom. The number of rotatable bonds is 13. The highest BCUT2D eigenvalue weighted by Crippen LogP contribution is 2.22. The maximum Gasteiger partial charge on any atom is 0.343 e. The molecule has 9 aromatic rings. The average Bonchev–Trinajstić information content (AvgIpc) is 3.45. The zero-order valence-corrected chi connectivity index (χ0v) is 43.0. The number of aromatic nitrogens is 3. The number of H-pyrrole nitrogens is 1. The molecule has 398 valence electrons. The molecule has 0 aliphatic rings. The SMILES string of the molecule is CCOC(=O)c1c[nH]c2c(F)cccc2c1=O.CCOC(=O)c1cn(Cc2ccc(OC)cc2)c2c(F)cccc2c1=O.COc1ccc(CCl)cc1.COc1ccc(Cn2cc(C(=O)O)c(=O)c3cccc(F)c32)cc1. The predicted octanol–water partition coefficient (Wildman–Crippen LogP) is 10.5. The maximum absolute atomic E-state index is 14.4. The van der Waals surface area contributed by atoms with Gasteiger partial charge in [0.25, 0.3) is 0 Å². The number of aromatic carboxylic acids is 1. The third kappa shape index (κ3) is 14.0. The van der Waals surface area contributed by atoms with E-state index in [4.69, 9.17) is 35.3 Å². The van der Waals surface area contributed by atoms with Crippen molar-refractivity contribution in [3.8, 4) is 17.2 Å². The second kappa shape index (κ2) is 26.9. The third-order valence-electron chi connectivity index (χ3n) is 11.5. The third-order valence-corrected chi connectivity index (χ3v) is 11.8. The van der Waals surface area contributed by atoms with Crippen LogP contribution in [-0.2, 0) is 28.4 Å². The first-order valence-corrected chi connectivity index (χ1v) is 24.1. The van der Waals surface area contributed by atoms with Crippen LogP contribution in [0.25, 0.3) is 32.7 Å². The predicted molar refractivity (Wildman–Crippen MR) is 286 cm³/mol. The number of nitrogens with one attached hydrogen (secondary N) is 1. The van der Waals surface area contributed by atoms with Gasteiger partial charge in [0, 0.05) is 53.7 Å². The van der Waals surface area contributed by atoms with Gasteiger partial charge in [0.05, 0.1) is 51.1 Å². The van der Waals surface area contributed by atoms with Crippen molar-refractivity contribution in [1.82, 2.24) is 14.1 Å². The zero-order chi connectivity index (χ0) is 55.8. The van der Waals surface area contributed by atoms with Crippen LogP contribution in [0.4, 0.5) is 13.2 Å².